The zero-order chi connectivity index (χ0) is 19.3. The predicted octanol–water partition coefficient (Wildman–Crippen LogP) is 1.39. The number of aliphatic imine (C=N–C) groups is 1. The van der Waals surface area contributed by atoms with Crippen LogP contribution in [0.4, 0.5) is 4.39 Å². The molecule has 0 saturated carbocycles. The summed E-state index contributed by atoms with van der Waals surface area (Å²) in [6, 6.07) is 6.91. The van der Waals surface area contributed by atoms with Crippen LogP contribution in [0.25, 0.3) is 0 Å². The Labute approximate surface area is 161 Å². The summed E-state index contributed by atoms with van der Waals surface area (Å²) in [5.41, 5.74) is 0.755. The Morgan fingerprint density at radius 3 is 2.63 bits per heavy atom. The molecule has 8 heteroatoms. The molecule has 6 nitrogen and oxygen atoms in total. The van der Waals surface area contributed by atoms with E-state index in [0.717, 1.165) is 38.0 Å². The molecule has 2 heterocycles. The number of rotatable bonds is 5. The zero-order valence-corrected chi connectivity index (χ0v) is 16.6. The highest BCUT2D eigenvalue weighted by Gasteiger charge is 2.28. The molecule has 1 aromatic carbocycles. The highest BCUT2D eigenvalue weighted by atomic mass is 32.2. The van der Waals surface area contributed by atoms with Crippen LogP contribution in [0.15, 0.2) is 29.3 Å². The molecule has 0 bridgehead atoms. The van der Waals surface area contributed by atoms with E-state index in [9.17, 15) is 12.8 Å². The van der Waals surface area contributed by atoms with Gasteiger partial charge in [-0.2, -0.15) is 0 Å². The van der Waals surface area contributed by atoms with Gasteiger partial charge in [0.15, 0.2) is 15.8 Å². The standard InChI is InChI=1S/C19H29FN4O2S/c1-21-19(23-17-8-11-27(25,26)14-17)22-12-15-6-9-24(10-7-15)13-16-4-2-3-5-18(16)20/h2-5,15,17H,6-14H2,1H3,(H2,21,22,23). The van der Waals surface area contributed by atoms with Crippen molar-refractivity contribution >= 4 is 15.8 Å². The number of nitrogens with one attached hydrogen (secondary N) is 2. The normalized spacial score (nSPS) is 24.1. The predicted molar refractivity (Wildman–Crippen MR) is 106 cm³/mol. The molecule has 1 atom stereocenters. The molecule has 2 N–H and O–H groups in total. The molecular weight excluding hydrogens is 367 g/mol. The van der Waals surface area contributed by atoms with Gasteiger partial charge in [-0.05, 0) is 44.3 Å². The lowest BCUT2D eigenvalue weighted by molar-refractivity contribution is 0.176. The summed E-state index contributed by atoms with van der Waals surface area (Å²) in [4.78, 5) is 6.51. The number of likely N-dealkylation sites (tertiary alicyclic amines) is 1. The molecule has 150 valence electrons. The summed E-state index contributed by atoms with van der Waals surface area (Å²) in [6.45, 7) is 3.38. The first kappa shape index (κ1) is 20.1. The van der Waals surface area contributed by atoms with Crippen molar-refractivity contribution in [2.75, 3.05) is 38.2 Å². The molecule has 0 radical (unpaired) electrons. The number of hydrogen-bond donors (Lipinski definition) is 2. The lowest BCUT2D eigenvalue weighted by Crippen LogP contribution is -2.46. The van der Waals surface area contributed by atoms with Crippen molar-refractivity contribution in [1.29, 1.82) is 0 Å². The number of guanidine groups is 1. The zero-order valence-electron chi connectivity index (χ0n) is 15.8. The minimum Gasteiger partial charge on any atom is -0.356 e. The molecule has 0 aliphatic carbocycles. The van der Waals surface area contributed by atoms with Gasteiger partial charge >= 0.3 is 0 Å². The second-order valence-electron chi connectivity index (χ2n) is 7.51. The Morgan fingerprint density at radius 2 is 2.00 bits per heavy atom. The fraction of sp³-hybridized carbons (Fsp3) is 0.632. The van der Waals surface area contributed by atoms with Gasteiger partial charge in [-0.15, -0.1) is 0 Å². The molecule has 2 aliphatic heterocycles. The topological polar surface area (TPSA) is 73.8 Å². The molecule has 2 saturated heterocycles. The third kappa shape index (κ3) is 5.90. The monoisotopic (exact) mass is 396 g/mol. The summed E-state index contributed by atoms with van der Waals surface area (Å²) in [5, 5.41) is 6.55. The lowest BCUT2D eigenvalue weighted by Gasteiger charge is -2.32. The van der Waals surface area contributed by atoms with Crippen LogP contribution in [0.2, 0.25) is 0 Å². The minimum absolute atomic E-state index is 0.0520. The SMILES string of the molecule is CN=C(NCC1CCN(Cc2ccccc2F)CC1)NC1CCS(=O)(=O)C1. The Balaban J connectivity index is 1.39. The number of benzene rings is 1. The highest BCUT2D eigenvalue weighted by Crippen LogP contribution is 2.19. The Bertz CT molecular complexity index is 761. The minimum atomic E-state index is -2.90. The maximum atomic E-state index is 13.8. The van der Waals surface area contributed by atoms with Crippen LogP contribution < -0.4 is 10.6 Å². The van der Waals surface area contributed by atoms with Crippen LogP contribution in [0, 0.1) is 11.7 Å². The second-order valence-corrected chi connectivity index (χ2v) is 9.74. The molecule has 1 unspecified atom stereocenters. The van der Waals surface area contributed by atoms with Gasteiger partial charge < -0.3 is 10.6 Å². The third-order valence-corrected chi connectivity index (χ3v) is 7.18. The van der Waals surface area contributed by atoms with Crippen molar-refractivity contribution in [2.24, 2.45) is 10.9 Å². The number of piperidine rings is 1. The van der Waals surface area contributed by atoms with Crippen molar-refractivity contribution in [2.45, 2.75) is 31.8 Å². The first-order chi connectivity index (χ1) is 12.9. The van der Waals surface area contributed by atoms with E-state index < -0.39 is 9.84 Å². The first-order valence-corrected chi connectivity index (χ1v) is 11.4. The van der Waals surface area contributed by atoms with E-state index in [1.54, 1.807) is 13.1 Å². The van der Waals surface area contributed by atoms with E-state index in [0.29, 0.717) is 24.8 Å². The van der Waals surface area contributed by atoms with Crippen LogP contribution in [-0.2, 0) is 16.4 Å². The van der Waals surface area contributed by atoms with E-state index in [4.69, 9.17) is 0 Å². The van der Waals surface area contributed by atoms with E-state index in [-0.39, 0.29) is 23.4 Å². The smallest absolute Gasteiger partial charge is 0.191 e. The molecule has 0 spiro atoms. The van der Waals surface area contributed by atoms with Crippen molar-refractivity contribution in [3.63, 3.8) is 0 Å². The van der Waals surface area contributed by atoms with E-state index in [1.807, 2.05) is 12.1 Å². The summed E-state index contributed by atoms with van der Waals surface area (Å²) in [5.74, 6) is 1.51. The van der Waals surface area contributed by atoms with Gasteiger partial charge in [0.25, 0.3) is 0 Å². The van der Waals surface area contributed by atoms with Gasteiger partial charge in [-0.25, -0.2) is 12.8 Å². The average molecular weight is 397 g/mol. The second kappa shape index (κ2) is 9.01. The Hall–Kier alpha value is -1.67. The molecule has 2 aliphatic rings. The van der Waals surface area contributed by atoms with Gasteiger partial charge in [0, 0.05) is 31.7 Å². The number of nitrogens with zero attached hydrogens (tertiary/aromatic N) is 2. The average Bonchev–Trinajstić information content (AvgIpc) is 3.00. The molecule has 3 rings (SSSR count). The van der Waals surface area contributed by atoms with Crippen LogP contribution in [0.1, 0.15) is 24.8 Å². The number of sulfone groups is 1. The van der Waals surface area contributed by atoms with Gasteiger partial charge in [-0.3, -0.25) is 9.89 Å². The van der Waals surface area contributed by atoms with Crippen LogP contribution in [0.5, 0.6) is 0 Å². The summed E-state index contributed by atoms with van der Waals surface area (Å²) < 4.78 is 36.9. The summed E-state index contributed by atoms with van der Waals surface area (Å²) in [7, 11) is -1.19. The van der Waals surface area contributed by atoms with Gasteiger partial charge in [0.1, 0.15) is 5.82 Å². The molecule has 27 heavy (non-hydrogen) atoms. The molecular formula is C19H29FN4O2S. The summed E-state index contributed by atoms with van der Waals surface area (Å²) >= 11 is 0. The molecule has 2 fully saturated rings. The van der Waals surface area contributed by atoms with Crippen molar-refractivity contribution in [1.82, 2.24) is 15.5 Å². The molecule has 0 aromatic heterocycles. The lowest BCUT2D eigenvalue weighted by atomic mass is 9.96. The Morgan fingerprint density at radius 1 is 1.26 bits per heavy atom. The van der Waals surface area contributed by atoms with Crippen LogP contribution in [0.3, 0.4) is 0 Å². The quantitative estimate of drug-likeness (QED) is 0.581. The maximum Gasteiger partial charge on any atom is 0.191 e. The van der Waals surface area contributed by atoms with Crippen molar-refractivity contribution in [3.05, 3.63) is 35.6 Å². The molecule has 0 amide bonds. The number of halogens is 1. The fourth-order valence-electron chi connectivity index (χ4n) is 3.75. The van der Waals surface area contributed by atoms with Gasteiger partial charge in [-0.1, -0.05) is 18.2 Å². The number of hydrogen-bond acceptors (Lipinski definition) is 4. The Kier molecular flexibility index (Phi) is 6.70. The van der Waals surface area contributed by atoms with Crippen LogP contribution in [-0.4, -0.2) is 63.5 Å². The van der Waals surface area contributed by atoms with Crippen molar-refractivity contribution < 1.29 is 12.8 Å². The van der Waals surface area contributed by atoms with E-state index in [1.165, 1.54) is 6.07 Å². The maximum absolute atomic E-state index is 13.8. The van der Waals surface area contributed by atoms with Gasteiger partial charge in [0.05, 0.1) is 11.5 Å². The first-order valence-electron chi connectivity index (χ1n) is 9.58. The van der Waals surface area contributed by atoms with Crippen LogP contribution >= 0.6 is 0 Å². The largest absolute Gasteiger partial charge is 0.356 e. The third-order valence-electron chi connectivity index (χ3n) is 5.41. The fourth-order valence-corrected chi connectivity index (χ4v) is 5.43. The van der Waals surface area contributed by atoms with E-state index >= 15 is 0 Å². The van der Waals surface area contributed by atoms with Gasteiger partial charge in [0.2, 0.25) is 0 Å². The molecule has 1 aromatic rings. The highest BCUT2D eigenvalue weighted by molar-refractivity contribution is 7.91. The van der Waals surface area contributed by atoms with Crippen molar-refractivity contribution in [3.8, 4) is 0 Å². The van der Waals surface area contributed by atoms with E-state index in [2.05, 4.69) is 20.5 Å². The summed E-state index contributed by atoms with van der Waals surface area (Å²) in [6.07, 6.45) is 2.74.